The smallest absolute Gasteiger partial charge is 0.338 e. The second-order valence-electron chi connectivity index (χ2n) is 7.00. The van der Waals surface area contributed by atoms with E-state index < -0.39 is 30.5 Å². The predicted octanol–water partition coefficient (Wildman–Crippen LogP) is 2.11. The molecule has 0 aliphatic carbocycles. The number of carbonyl (C=O) groups excluding carboxylic acids is 3. The van der Waals surface area contributed by atoms with Gasteiger partial charge < -0.3 is 24.3 Å². The summed E-state index contributed by atoms with van der Waals surface area (Å²) in [6.07, 6.45) is 2.83. The van der Waals surface area contributed by atoms with Crippen LogP contribution in [0.1, 0.15) is 43.5 Å². The molecule has 1 aromatic carbocycles. The first-order valence-corrected chi connectivity index (χ1v) is 9.83. The number of hydrogen-bond donors (Lipinski definition) is 1. The van der Waals surface area contributed by atoms with Gasteiger partial charge in [-0.3, -0.25) is 4.79 Å². The molecule has 1 N–H and O–H groups in total. The van der Waals surface area contributed by atoms with Gasteiger partial charge >= 0.3 is 11.9 Å². The number of amides is 1. The first kappa shape index (κ1) is 22.7. The first-order valence-electron chi connectivity index (χ1n) is 9.83. The average molecular weight is 407 g/mol. The lowest BCUT2D eigenvalue weighted by Crippen LogP contribution is -2.47. The Morgan fingerprint density at radius 3 is 2.55 bits per heavy atom. The van der Waals surface area contributed by atoms with Crippen LogP contribution >= 0.6 is 0 Å². The summed E-state index contributed by atoms with van der Waals surface area (Å²) in [6.45, 7) is 4.49. The molecule has 0 spiro atoms. The van der Waals surface area contributed by atoms with Gasteiger partial charge in [0.2, 0.25) is 0 Å². The number of methoxy groups -OCH3 is 1. The molecule has 0 saturated carbocycles. The molecule has 1 saturated heterocycles. The van der Waals surface area contributed by atoms with Crippen molar-refractivity contribution in [3.63, 3.8) is 0 Å². The van der Waals surface area contributed by atoms with E-state index in [0.717, 1.165) is 19.4 Å². The molecule has 160 valence electrons. The van der Waals surface area contributed by atoms with Crippen LogP contribution in [0, 0.1) is 5.92 Å². The minimum atomic E-state index is -0.781. The van der Waals surface area contributed by atoms with Gasteiger partial charge in [-0.1, -0.05) is 20.3 Å². The van der Waals surface area contributed by atoms with E-state index in [1.807, 2.05) is 13.8 Å². The number of benzene rings is 1. The van der Waals surface area contributed by atoms with E-state index in [1.165, 1.54) is 7.11 Å². The van der Waals surface area contributed by atoms with Crippen LogP contribution in [0.5, 0.6) is 5.75 Å². The van der Waals surface area contributed by atoms with E-state index in [0.29, 0.717) is 24.3 Å². The Bertz CT molecular complexity index is 683. The summed E-state index contributed by atoms with van der Waals surface area (Å²) < 4.78 is 20.9. The highest BCUT2D eigenvalue weighted by Crippen LogP contribution is 2.17. The van der Waals surface area contributed by atoms with Gasteiger partial charge in [0, 0.05) is 6.61 Å². The highest BCUT2D eigenvalue weighted by atomic mass is 16.5. The zero-order chi connectivity index (χ0) is 21.2. The van der Waals surface area contributed by atoms with Gasteiger partial charge in [0.25, 0.3) is 5.91 Å². The molecule has 0 aromatic heterocycles. The maximum atomic E-state index is 12.1. The van der Waals surface area contributed by atoms with Crippen LogP contribution in [-0.4, -0.2) is 56.9 Å². The average Bonchev–Trinajstić information content (AvgIpc) is 3.27. The van der Waals surface area contributed by atoms with Crippen LogP contribution in [0.3, 0.4) is 0 Å². The van der Waals surface area contributed by atoms with E-state index in [1.54, 1.807) is 24.3 Å². The molecule has 1 aliphatic rings. The number of hydrogen-bond acceptors (Lipinski definition) is 7. The summed E-state index contributed by atoms with van der Waals surface area (Å²) in [5.41, 5.74) is 0.300. The Kier molecular flexibility index (Phi) is 8.92. The van der Waals surface area contributed by atoms with E-state index in [2.05, 4.69) is 5.32 Å². The van der Waals surface area contributed by atoms with Crippen molar-refractivity contribution < 1.29 is 33.3 Å². The van der Waals surface area contributed by atoms with Crippen LogP contribution < -0.4 is 10.1 Å². The fourth-order valence-electron chi connectivity index (χ4n) is 2.88. The summed E-state index contributed by atoms with van der Waals surface area (Å²) >= 11 is 0. The lowest BCUT2D eigenvalue weighted by atomic mass is 9.99. The Hall–Kier alpha value is -2.61. The van der Waals surface area contributed by atoms with Crippen molar-refractivity contribution >= 4 is 17.8 Å². The monoisotopic (exact) mass is 407 g/mol. The zero-order valence-corrected chi connectivity index (χ0v) is 17.1. The Morgan fingerprint density at radius 1 is 1.24 bits per heavy atom. The van der Waals surface area contributed by atoms with E-state index in [4.69, 9.17) is 18.9 Å². The number of nitrogens with one attached hydrogen (secondary N) is 1. The van der Waals surface area contributed by atoms with Gasteiger partial charge in [-0.2, -0.15) is 0 Å². The van der Waals surface area contributed by atoms with Gasteiger partial charge in [-0.15, -0.1) is 0 Å². The first-order chi connectivity index (χ1) is 13.9. The van der Waals surface area contributed by atoms with Gasteiger partial charge in [-0.05, 0) is 43.0 Å². The van der Waals surface area contributed by atoms with Crippen LogP contribution in [0.15, 0.2) is 24.3 Å². The van der Waals surface area contributed by atoms with E-state index >= 15 is 0 Å². The van der Waals surface area contributed by atoms with Crippen molar-refractivity contribution in [1.82, 2.24) is 5.32 Å². The normalized spacial score (nSPS) is 17.8. The Morgan fingerprint density at radius 2 is 1.97 bits per heavy atom. The van der Waals surface area contributed by atoms with Crippen molar-refractivity contribution in [3.8, 4) is 5.75 Å². The van der Waals surface area contributed by atoms with Crippen LogP contribution in [0.2, 0.25) is 0 Å². The fourth-order valence-corrected chi connectivity index (χ4v) is 2.88. The summed E-state index contributed by atoms with van der Waals surface area (Å²) in [4.78, 5) is 36.0. The number of ether oxygens (including phenoxy) is 4. The molecule has 1 aromatic rings. The molecule has 29 heavy (non-hydrogen) atoms. The Balaban J connectivity index is 1.79. The van der Waals surface area contributed by atoms with Crippen LogP contribution in [0.25, 0.3) is 0 Å². The van der Waals surface area contributed by atoms with Crippen molar-refractivity contribution in [2.75, 3.05) is 26.9 Å². The van der Waals surface area contributed by atoms with Crippen LogP contribution in [0.4, 0.5) is 0 Å². The molecule has 0 unspecified atom stereocenters. The Labute approximate surface area is 170 Å². The molecule has 1 heterocycles. The largest absolute Gasteiger partial charge is 0.491 e. The highest BCUT2D eigenvalue weighted by molar-refractivity contribution is 5.92. The van der Waals surface area contributed by atoms with Gasteiger partial charge in [0.15, 0.2) is 6.61 Å². The van der Waals surface area contributed by atoms with Crippen molar-refractivity contribution in [2.45, 2.75) is 45.3 Å². The van der Waals surface area contributed by atoms with Crippen molar-refractivity contribution in [3.05, 3.63) is 29.8 Å². The van der Waals surface area contributed by atoms with Gasteiger partial charge in [0.05, 0.1) is 18.8 Å². The molecule has 2 rings (SSSR count). The third kappa shape index (κ3) is 7.05. The lowest BCUT2D eigenvalue weighted by Gasteiger charge is -2.21. The maximum Gasteiger partial charge on any atom is 0.338 e. The summed E-state index contributed by atoms with van der Waals surface area (Å²) in [7, 11) is 1.26. The molecule has 0 radical (unpaired) electrons. The molecule has 8 heteroatoms. The standard InChI is InChI=1S/C21H29NO7/c1-4-14(2)19(21(25)26-3)22-18(23)13-29-20(24)15-7-9-16(10-8-15)28-12-17-6-5-11-27-17/h7-10,14,17,19H,4-6,11-13H2,1-3H3,(H,22,23)/t14-,17-,19+/m0/s1. The van der Waals surface area contributed by atoms with Crippen molar-refractivity contribution in [1.29, 1.82) is 0 Å². The van der Waals surface area contributed by atoms with Crippen molar-refractivity contribution in [2.24, 2.45) is 5.92 Å². The maximum absolute atomic E-state index is 12.1. The molecule has 3 atom stereocenters. The van der Waals surface area contributed by atoms with E-state index in [-0.39, 0.29) is 12.0 Å². The van der Waals surface area contributed by atoms with E-state index in [9.17, 15) is 14.4 Å². The molecule has 0 bridgehead atoms. The molecule has 1 fully saturated rings. The molecule has 8 nitrogen and oxygen atoms in total. The number of carbonyl (C=O) groups is 3. The van der Waals surface area contributed by atoms with Crippen LogP contribution in [-0.2, 0) is 23.8 Å². The SMILES string of the molecule is CC[C@H](C)[C@@H](NC(=O)COC(=O)c1ccc(OC[C@@H]2CCCO2)cc1)C(=O)OC. The molecule has 1 amide bonds. The van der Waals surface area contributed by atoms with Gasteiger partial charge in [0.1, 0.15) is 18.4 Å². The third-order valence-corrected chi connectivity index (χ3v) is 4.87. The zero-order valence-electron chi connectivity index (χ0n) is 17.1. The minimum absolute atomic E-state index is 0.107. The fraction of sp³-hybridized carbons (Fsp3) is 0.571. The third-order valence-electron chi connectivity index (χ3n) is 4.87. The number of esters is 2. The summed E-state index contributed by atoms with van der Waals surface area (Å²) in [5.74, 6) is -1.21. The lowest BCUT2D eigenvalue weighted by molar-refractivity contribution is -0.147. The second-order valence-corrected chi connectivity index (χ2v) is 7.00. The quantitative estimate of drug-likeness (QED) is 0.593. The topological polar surface area (TPSA) is 100 Å². The highest BCUT2D eigenvalue weighted by Gasteiger charge is 2.27. The summed E-state index contributed by atoms with van der Waals surface area (Å²) in [6, 6.07) is 5.70. The molecular weight excluding hydrogens is 378 g/mol. The second kappa shape index (κ2) is 11.4. The molecular formula is C21H29NO7. The minimum Gasteiger partial charge on any atom is -0.491 e. The molecule has 1 aliphatic heterocycles. The predicted molar refractivity (Wildman–Crippen MR) is 105 cm³/mol. The summed E-state index contributed by atoms with van der Waals surface area (Å²) in [5, 5.41) is 2.56. The number of rotatable bonds is 10. The van der Waals surface area contributed by atoms with Gasteiger partial charge in [-0.25, -0.2) is 9.59 Å².